The quantitative estimate of drug-likeness (QED) is 0.0517. The van der Waals surface area contributed by atoms with E-state index in [4.69, 9.17) is 14.2 Å². The smallest absolute Gasteiger partial charge is 0.408 e. The molecule has 0 spiro atoms. The van der Waals surface area contributed by atoms with Crippen LogP contribution < -0.4 is 16.0 Å². The van der Waals surface area contributed by atoms with Gasteiger partial charge >= 0.3 is 6.09 Å². The van der Waals surface area contributed by atoms with Crippen LogP contribution in [0, 0.1) is 0 Å². The van der Waals surface area contributed by atoms with E-state index in [9.17, 15) is 19.2 Å². The number of carbonyl (C=O) groups is 4. The normalized spacial score (nSPS) is 12.0. The summed E-state index contributed by atoms with van der Waals surface area (Å²) in [7, 11) is 0. The summed E-state index contributed by atoms with van der Waals surface area (Å²) in [5.41, 5.74) is -0.717. The minimum absolute atomic E-state index is 0.0304. The Balaban J connectivity index is 4.99. The van der Waals surface area contributed by atoms with Crippen molar-refractivity contribution in [1.29, 1.82) is 0 Å². The Morgan fingerprint density at radius 2 is 0.761 bits per heavy atom. The topological polar surface area (TPSA) is 135 Å². The van der Waals surface area contributed by atoms with Crippen LogP contribution in [0.1, 0.15) is 273 Å². The Kier molecular flexibility index (Phi) is 46.9. The summed E-state index contributed by atoms with van der Waals surface area (Å²) >= 11 is 0. The first-order chi connectivity index (χ1) is 32.5. The first kappa shape index (κ1) is 64.6. The van der Waals surface area contributed by atoms with Crippen molar-refractivity contribution in [1.82, 2.24) is 20.9 Å². The van der Waals surface area contributed by atoms with Gasteiger partial charge in [0.05, 0.1) is 26.4 Å². The SMILES string of the molecule is CCCCCCCCCCCCCCCCCCN(CCCCCCCCCCCCCCCCCC)C(=O)[C@@H](CCC(=O)NCCOCCOCCNC(=O)CCC)NC(=O)OC(C)(C)C. The number of rotatable bonds is 50. The van der Waals surface area contributed by atoms with Crippen molar-refractivity contribution in [2.45, 2.75) is 284 Å². The van der Waals surface area contributed by atoms with Gasteiger partial charge in [0, 0.05) is 39.0 Å². The lowest BCUT2D eigenvalue weighted by molar-refractivity contribution is -0.134. The predicted octanol–water partition coefficient (Wildman–Crippen LogP) is 14.1. The van der Waals surface area contributed by atoms with Crippen molar-refractivity contribution >= 4 is 23.8 Å². The average molecular weight is 952 g/mol. The van der Waals surface area contributed by atoms with E-state index in [2.05, 4.69) is 29.8 Å². The van der Waals surface area contributed by atoms with Gasteiger partial charge < -0.3 is 35.1 Å². The number of nitrogens with one attached hydrogen (secondary N) is 3. The molecule has 4 amide bonds. The van der Waals surface area contributed by atoms with Gasteiger partial charge in [0.15, 0.2) is 0 Å². The van der Waals surface area contributed by atoms with E-state index in [0.29, 0.717) is 59.0 Å². The molecule has 0 aliphatic heterocycles. The van der Waals surface area contributed by atoms with Gasteiger partial charge in [0.1, 0.15) is 11.6 Å². The molecule has 0 aromatic heterocycles. The summed E-state index contributed by atoms with van der Waals surface area (Å²) in [6.07, 6.45) is 42.6. The molecule has 1 atom stereocenters. The van der Waals surface area contributed by atoms with Crippen molar-refractivity contribution in [3.8, 4) is 0 Å². The largest absolute Gasteiger partial charge is 0.444 e. The highest BCUT2D eigenvalue weighted by Gasteiger charge is 2.28. The predicted molar refractivity (Wildman–Crippen MR) is 281 cm³/mol. The number of amides is 4. The van der Waals surface area contributed by atoms with Crippen LogP contribution in [0.25, 0.3) is 0 Å². The molecule has 0 fully saturated rings. The van der Waals surface area contributed by atoms with Crippen molar-refractivity contribution in [3.05, 3.63) is 0 Å². The van der Waals surface area contributed by atoms with E-state index >= 15 is 0 Å². The van der Waals surface area contributed by atoms with E-state index in [1.54, 1.807) is 20.8 Å². The van der Waals surface area contributed by atoms with Crippen LogP contribution >= 0.6 is 0 Å². The summed E-state index contributed by atoms with van der Waals surface area (Å²) in [6.45, 7) is 15.6. The molecule has 67 heavy (non-hydrogen) atoms. The molecule has 0 rings (SSSR count). The standard InChI is InChI=1S/C56H110N4O7/c1-7-10-12-14-16-18-20-22-24-26-28-30-32-34-36-38-45-60(46-39-37-35-33-31-29-27-25-23-21-19-17-15-13-11-8-2)54(63)51(59-55(64)67-56(4,5)6)41-42-53(62)58-44-48-66-50-49-65-47-43-57-52(61)40-9-3/h51H,7-50H2,1-6H3,(H,57,61)(H,58,62)(H,59,64)/t51-/m1/s1. The van der Waals surface area contributed by atoms with Gasteiger partial charge in [0.25, 0.3) is 0 Å². The zero-order valence-electron chi connectivity index (χ0n) is 45.0. The van der Waals surface area contributed by atoms with E-state index in [0.717, 1.165) is 32.1 Å². The highest BCUT2D eigenvalue weighted by atomic mass is 16.6. The minimum atomic E-state index is -0.858. The fraction of sp³-hybridized carbons (Fsp3) is 0.929. The van der Waals surface area contributed by atoms with Crippen LogP contribution in [-0.4, -0.2) is 93.0 Å². The van der Waals surface area contributed by atoms with Crippen LogP contribution in [0.15, 0.2) is 0 Å². The maximum atomic E-state index is 14.3. The van der Waals surface area contributed by atoms with Crippen LogP contribution in [0.2, 0.25) is 0 Å². The third kappa shape index (κ3) is 47.1. The first-order valence-corrected chi connectivity index (χ1v) is 28.5. The number of hydrogen-bond acceptors (Lipinski definition) is 7. The van der Waals surface area contributed by atoms with E-state index in [1.807, 2.05) is 11.8 Å². The molecule has 0 aliphatic rings. The molecule has 11 heteroatoms. The monoisotopic (exact) mass is 951 g/mol. The number of ether oxygens (including phenoxy) is 3. The second kappa shape index (κ2) is 48.6. The van der Waals surface area contributed by atoms with Gasteiger partial charge in [-0.25, -0.2) is 4.79 Å². The Labute approximate surface area is 413 Å². The van der Waals surface area contributed by atoms with Crippen LogP contribution in [0.4, 0.5) is 4.79 Å². The Morgan fingerprint density at radius 3 is 1.09 bits per heavy atom. The average Bonchev–Trinajstić information content (AvgIpc) is 3.29. The number of hydrogen-bond donors (Lipinski definition) is 3. The van der Waals surface area contributed by atoms with E-state index in [-0.39, 0.29) is 30.6 Å². The fourth-order valence-corrected chi connectivity index (χ4v) is 8.49. The van der Waals surface area contributed by atoms with Crippen molar-refractivity contribution in [2.75, 3.05) is 52.6 Å². The maximum Gasteiger partial charge on any atom is 0.408 e. The molecule has 0 saturated heterocycles. The van der Waals surface area contributed by atoms with Gasteiger partial charge in [0.2, 0.25) is 17.7 Å². The van der Waals surface area contributed by atoms with Gasteiger partial charge in [-0.2, -0.15) is 0 Å². The summed E-state index contributed by atoms with van der Waals surface area (Å²) in [4.78, 5) is 53.8. The Morgan fingerprint density at radius 1 is 0.433 bits per heavy atom. The van der Waals surface area contributed by atoms with E-state index < -0.39 is 17.7 Å². The molecule has 11 nitrogen and oxygen atoms in total. The maximum absolute atomic E-state index is 14.3. The molecule has 0 aromatic carbocycles. The third-order valence-corrected chi connectivity index (χ3v) is 12.5. The Hall–Kier alpha value is -2.40. The first-order valence-electron chi connectivity index (χ1n) is 28.5. The zero-order valence-corrected chi connectivity index (χ0v) is 45.0. The molecule has 396 valence electrons. The highest BCUT2D eigenvalue weighted by molar-refractivity contribution is 5.86. The molecule has 0 aliphatic carbocycles. The lowest BCUT2D eigenvalue weighted by Gasteiger charge is -2.29. The van der Waals surface area contributed by atoms with Crippen LogP contribution in [-0.2, 0) is 28.6 Å². The van der Waals surface area contributed by atoms with Crippen molar-refractivity contribution in [2.24, 2.45) is 0 Å². The molecule has 0 unspecified atom stereocenters. The summed E-state index contributed by atoms with van der Waals surface area (Å²) in [5.74, 6) is -0.301. The number of alkyl carbamates (subject to hydrolysis) is 1. The minimum Gasteiger partial charge on any atom is -0.444 e. The van der Waals surface area contributed by atoms with Crippen molar-refractivity contribution in [3.63, 3.8) is 0 Å². The molecule has 0 radical (unpaired) electrons. The lowest BCUT2D eigenvalue weighted by atomic mass is 10.0. The number of carbonyl (C=O) groups excluding carboxylic acids is 4. The molecule has 0 aromatic rings. The molecule has 0 heterocycles. The highest BCUT2D eigenvalue weighted by Crippen LogP contribution is 2.17. The number of nitrogens with zero attached hydrogens (tertiary/aromatic N) is 1. The Bertz CT molecular complexity index is 1100. The second-order valence-electron chi connectivity index (χ2n) is 20.3. The fourth-order valence-electron chi connectivity index (χ4n) is 8.49. The van der Waals surface area contributed by atoms with Gasteiger partial charge in [-0.1, -0.05) is 213 Å². The van der Waals surface area contributed by atoms with E-state index in [1.165, 1.54) is 180 Å². The lowest BCUT2D eigenvalue weighted by Crippen LogP contribution is -2.50. The molecule has 3 N–H and O–H groups in total. The summed E-state index contributed by atoms with van der Waals surface area (Å²) in [5, 5.41) is 8.54. The van der Waals surface area contributed by atoms with Crippen LogP contribution in [0.3, 0.4) is 0 Å². The van der Waals surface area contributed by atoms with Crippen molar-refractivity contribution < 1.29 is 33.4 Å². The number of unbranched alkanes of at least 4 members (excludes halogenated alkanes) is 30. The molecule has 0 saturated carbocycles. The summed E-state index contributed by atoms with van der Waals surface area (Å²) < 4.78 is 16.7. The zero-order chi connectivity index (χ0) is 49.3. The van der Waals surface area contributed by atoms with Crippen LogP contribution in [0.5, 0.6) is 0 Å². The van der Waals surface area contributed by atoms with Gasteiger partial charge in [-0.3, -0.25) is 14.4 Å². The van der Waals surface area contributed by atoms with Gasteiger partial charge in [-0.05, 0) is 46.5 Å². The molecule has 0 bridgehead atoms. The van der Waals surface area contributed by atoms with Gasteiger partial charge in [-0.15, -0.1) is 0 Å². The summed E-state index contributed by atoms with van der Waals surface area (Å²) in [6, 6.07) is -0.858. The molecular formula is C56H110N4O7. The third-order valence-electron chi connectivity index (χ3n) is 12.5. The second-order valence-corrected chi connectivity index (χ2v) is 20.3. The molecular weight excluding hydrogens is 841 g/mol.